The Hall–Kier alpha value is -0.0800. The van der Waals surface area contributed by atoms with Gasteiger partial charge in [0.2, 0.25) is 0 Å². The van der Waals surface area contributed by atoms with E-state index in [1.54, 1.807) is 0 Å². The molecule has 4 aliphatic carbocycles. The van der Waals surface area contributed by atoms with Crippen molar-refractivity contribution in [1.29, 1.82) is 0 Å². The van der Waals surface area contributed by atoms with Gasteiger partial charge in [-0.25, -0.2) is 0 Å². The number of rotatable bonds is 0. The van der Waals surface area contributed by atoms with Crippen molar-refractivity contribution >= 4 is 0 Å². The zero-order chi connectivity index (χ0) is 9.45. The van der Waals surface area contributed by atoms with E-state index in [1.165, 1.54) is 12.8 Å². The first kappa shape index (κ1) is 8.12. The van der Waals surface area contributed by atoms with Gasteiger partial charge in [-0.1, -0.05) is 0 Å². The maximum absolute atomic E-state index is 9.90. The quantitative estimate of drug-likeness (QED) is 0.565. The molecule has 0 saturated heterocycles. The molecule has 0 radical (unpaired) electrons. The second-order valence-electron chi connectivity index (χ2n) is 6.08. The molecule has 6 atom stereocenters. The molecule has 4 aliphatic rings. The molecule has 0 amide bonds. The molecular formula is C12H18O2. The zero-order valence-corrected chi connectivity index (χ0v) is 8.34. The maximum atomic E-state index is 9.90. The van der Waals surface area contributed by atoms with Crippen LogP contribution in [0.2, 0.25) is 0 Å². The van der Waals surface area contributed by atoms with Crippen LogP contribution >= 0.6 is 0 Å². The average molecular weight is 194 g/mol. The summed E-state index contributed by atoms with van der Waals surface area (Å²) in [7, 11) is 0. The van der Waals surface area contributed by atoms with Crippen LogP contribution in [0.4, 0.5) is 0 Å². The van der Waals surface area contributed by atoms with Gasteiger partial charge >= 0.3 is 0 Å². The summed E-state index contributed by atoms with van der Waals surface area (Å²) in [6.45, 7) is 0. The molecule has 4 fully saturated rings. The first-order chi connectivity index (χ1) is 6.75. The van der Waals surface area contributed by atoms with Crippen molar-refractivity contribution in [1.82, 2.24) is 0 Å². The van der Waals surface area contributed by atoms with E-state index in [2.05, 4.69) is 0 Å². The molecule has 0 aromatic rings. The summed E-state index contributed by atoms with van der Waals surface area (Å²) in [5.41, 5.74) is 0. The Morgan fingerprint density at radius 2 is 1.14 bits per heavy atom. The van der Waals surface area contributed by atoms with Crippen LogP contribution in [0.5, 0.6) is 0 Å². The zero-order valence-electron chi connectivity index (χ0n) is 8.34. The van der Waals surface area contributed by atoms with E-state index < -0.39 is 0 Å². The van der Waals surface area contributed by atoms with E-state index in [0.717, 1.165) is 30.6 Å². The molecule has 0 aromatic carbocycles. The van der Waals surface area contributed by atoms with Gasteiger partial charge in [-0.3, -0.25) is 0 Å². The molecule has 6 unspecified atom stereocenters. The highest BCUT2D eigenvalue weighted by Gasteiger charge is 2.64. The summed E-state index contributed by atoms with van der Waals surface area (Å²) >= 11 is 0. The number of hydrogen-bond acceptors (Lipinski definition) is 2. The predicted molar refractivity (Wildman–Crippen MR) is 51.4 cm³/mol. The van der Waals surface area contributed by atoms with Crippen LogP contribution in [-0.2, 0) is 0 Å². The van der Waals surface area contributed by atoms with Gasteiger partial charge in [0.15, 0.2) is 0 Å². The number of aliphatic hydroxyl groups is 2. The number of hydrogen-bond donors (Lipinski definition) is 2. The van der Waals surface area contributed by atoms with Crippen molar-refractivity contribution in [3.05, 3.63) is 0 Å². The normalized spacial score (nSPS) is 69.0. The van der Waals surface area contributed by atoms with E-state index in [-0.39, 0.29) is 12.2 Å². The molecule has 2 heteroatoms. The largest absolute Gasteiger partial charge is 0.393 e. The Kier molecular flexibility index (Phi) is 1.37. The Bertz CT molecular complexity index is 251. The first-order valence-electron chi connectivity index (χ1n) is 6.12. The predicted octanol–water partition coefficient (Wildman–Crippen LogP) is 1.02. The molecule has 4 bridgehead atoms. The van der Waals surface area contributed by atoms with E-state index in [4.69, 9.17) is 0 Å². The fourth-order valence-corrected chi connectivity index (χ4v) is 5.53. The van der Waals surface area contributed by atoms with E-state index >= 15 is 0 Å². The minimum absolute atomic E-state index is 0.0344. The van der Waals surface area contributed by atoms with Crippen LogP contribution in [0.3, 0.4) is 0 Å². The fourth-order valence-electron chi connectivity index (χ4n) is 5.53. The Labute approximate surface area is 84.3 Å². The lowest BCUT2D eigenvalue weighted by atomic mass is 9.69. The highest BCUT2D eigenvalue weighted by Crippen LogP contribution is 2.67. The van der Waals surface area contributed by atoms with Gasteiger partial charge in [-0.05, 0) is 61.2 Å². The topological polar surface area (TPSA) is 40.5 Å². The SMILES string of the molecule is OC1CC2CC1C1C3CC(CC3O)C21. The van der Waals surface area contributed by atoms with Crippen molar-refractivity contribution in [2.45, 2.75) is 37.9 Å². The monoisotopic (exact) mass is 194 g/mol. The van der Waals surface area contributed by atoms with Crippen LogP contribution in [0.1, 0.15) is 25.7 Å². The lowest BCUT2D eigenvalue weighted by Gasteiger charge is -2.38. The second-order valence-corrected chi connectivity index (χ2v) is 6.08. The molecule has 4 saturated carbocycles. The van der Waals surface area contributed by atoms with Crippen LogP contribution in [0, 0.1) is 35.5 Å². The molecule has 0 aromatic heterocycles. The smallest absolute Gasteiger partial charge is 0.0574 e. The van der Waals surface area contributed by atoms with Crippen LogP contribution in [0.15, 0.2) is 0 Å². The van der Waals surface area contributed by atoms with Gasteiger partial charge in [0.25, 0.3) is 0 Å². The van der Waals surface area contributed by atoms with Crippen LogP contribution in [-0.4, -0.2) is 22.4 Å². The third-order valence-corrected chi connectivity index (χ3v) is 5.75. The summed E-state index contributed by atoms with van der Waals surface area (Å²) in [4.78, 5) is 0. The summed E-state index contributed by atoms with van der Waals surface area (Å²) < 4.78 is 0. The van der Waals surface area contributed by atoms with Crippen molar-refractivity contribution in [3.63, 3.8) is 0 Å². The van der Waals surface area contributed by atoms with Gasteiger partial charge in [0.05, 0.1) is 12.2 Å². The summed E-state index contributed by atoms with van der Waals surface area (Å²) in [5, 5.41) is 19.8. The lowest BCUT2D eigenvalue weighted by Crippen LogP contribution is -2.39. The van der Waals surface area contributed by atoms with E-state index in [9.17, 15) is 10.2 Å². The molecule has 2 nitrogen and oxygen atoms in total. The third-order valence-electron chi connectivity index (χ3n) is 5.75. The Balaban J connectivity index is 1.73. The number of fused-ring (bicyclic) bond motifs is 9. The molecule has 0 aliphatic heterocycles. The average Bonchev–Trinajstić information content (AvgIpc) is 2.77. The van der Waals surface area contributed by atoms with Crippen molar-refractivity contribution < 1.29 is 10.2 Å². The summed E-state index contributed by atoms with van der Waals surface area (Å²) in [6.07, 6.45) is 4.57. The van der Waals surface area contributed by atoms with Crippen LogP contribution in [0.25, 0.3) is 0 Å². The maximum Gasteiger partial charge on any atom is 0.0574 e. The Morgan fingerprint density at radius 1 is 0.643 bits per heavy atom. The van der Waals surface area contributed by atoms with Gasteiger partial charge in [0.1, 0.15) is 0 Å². The third kappa shape index (κ3) is 0.737. The minimum atomic E-state index is -0.0344. The van der Waals surface area contributed by atoms with Crippen molar-refractivity contribution in [2.24, 2.45) is 35.5 Å². The molecular weight excluding hydrogens is 176 g/mol. The number of aliphatic hydroxyl groups excluding tert-OH is 2. The molecule has 0 heterocycles. The van der Waals surface area contributed by atoms with Gasteiger partial charge in [-0.2, -0.15) is 0 Å². The lowest BCUT2D eigenvalue weighted by molar-refractivity contribution is -0.0167. The second kappa shape index (κ2) is 2.35. The Morgan fingerprint density at radius 3 is 1.64 bits per heavy atom. The summed E-state index contributed by atoms with van der Waals surface area (Å²) in [6, 6.07) is 0. The van der Waals surface area contributed by atoms with Gasteiger partial charge < -0.3 is 10.2 Å². The minimum Gasteiger partial charge on any atom is -0.393 e. The first-order valence-corrected chi connectivity index (χ1v) is 6.12. The van der Waals surface area contributed by atoms with E-state index in [1.807, 2.05) is 0 Å². The highest BCUT2D eigenvalue weighted by molar-refractivity contribution is 5.13. The molecule has 14 heavy (non-hydrogen) atoms. The molecule has 78 valence electrons. The fraction of sp³-hybridized carbons (Fsp3) is 1.00. The van der Waals surface area contributed by atoms with Crippen molar-refractivity contribution in [3.8, 4) is 0 Å². The van der Waals surface area contributed by atoms with Gasteiger partial charge in [-0.15, -0.1) is 0 Å². The van der Waals surface area contributed by atoms with E-state index in [0.29, 0.717) is 17.8 Å². The summed E-state index contributed by atoms with van der Waals surface area (Å²) in [5.74, 6) is 4.30. The van der Waals surface area contributed by atoms with Gasteiger partial charge in [0, 0.05) is 0 Å². The molecule has 2 N–H and O–H groups in total. The standard InChI is InChI=1S/C12H18O2/c13-9-3-5-1-7(9)12-8-2-6(11(5)12)4-10(8)14/h5-14H,1-4H2. The van der Waals surface area contributed by atoms with Crippen molar-refractivity contribution in [2.75, 3.05) is 0 Å². The molecule has 0 spiro atoms. The highest BCUT2D eigenvalue weighted by atomic mass is 16.3. The van der Waals surface area contributed by atoms with Crippen LogP contribution < -0.4 is 0 Å². The molecule has 4 rings (SSSR count).